The molecule has 1 aliphatic carbocycles. The van der Waals surface area contributed by atoms with Gasteiger partial charge in [0.15, 0.2) is 0 Å². The summed E-state index contributed by atoms with van der Waals surface area (Å²) in [5, 5.41) is 0. The number of carbonyl (C=O) groups excluding carboxylic acids is 4. The van der Waals surface area contributed by atoms with E-state index in [4.69, 9.17) is 14.2 Å². The number of hydrogen-bond acceptors (Lipinski definition) is 7. The number of aldehydes is 1. The van der Waals surface area contributed by atoms with Crippen LogP contribution in [0.2, 0.25) is 0 Å². The minimum atomic E-state index is -1.30. The van der Waals surface area contributed by atoms with Crippen LogP contribution in [0, 0.1) is 11.3 Å². The van der Waals surface area contributed by atoms with Gasteiger partial charge in [-0.05, 0) is 45.1 Å². The molecule has 0 saturated heterocycles. The molecule has 0 amide bonds. The summed E-state index contributed by atoms with van der Waals surface area (Å²) in [6, 6.07) is 0. The lowest BCUT2D eigenvalue weighted by atomic mass is 9.62. The molecule has 0 unspecified atom stereocenters. The van der Waals surface area contributed by atoms with Gasteiger partial charge in [-0.15, -0.1) is 0 Å². The topological polar surface area (TPSA) is 96.0 Å². The van der Waals surface area contributed by atoms with Gasteiger partial charge in [-0.2, -0.15) is 0 Å². The zero-order valence-corrected chi connectivity index (χ0v) is 17.7. The van der Waals surface area contributed by atoms with E-state index in [0.717, 1.165) is 19.1 Å². The number of allylic oxidation sites excluding steroid dienone is 2. The summed E-state index contributed by atoms with van der Waals surface area (Å²) in [4.78, 5) is 48.4. The third-order valence-electron chi connectivity index (χ3n) is 6.02. The molecule has 158 valence electrons. The van der Waals surface area contributed by atoms with Gasteiger partial charge < -0.3 is 14.2 Å². The number of carbonyl (C=O) groups is 4. The first kappa shape index (κ1) is 22.6. The van der Waals surface area contributed by atoms with Crippen LogP contribution in [-0.2, 0) is 33.4 Å². The van der Waals surface area contributed by atoms with Crippen LogP contribution in [0.3, 0.4) is 0 Å². The maximum absolute atomic E-state index is 12.7. The van der Waals surface area contributed by atoms with Crippen LogP contribution >= 0.6 is 0 Å². The predicted molar refractivity (Wildman–Crippen MR) is 104 cm³/mol. The Morgan fingerprint density at radius 1 is 1.34 bits per heavy atom. The van der Waals surface area contributed by atoms with Crippen molar-refractivity contribution in [3.8, 4) is 0 Å². The largest absolute Gasteiger partial charge is 0.453 e. The lowest BCUT2D eigenvalue weighted by molar-refractivity contribution is -0.176. The maximum Gasteiger partial charge on any atom is 0.337 e. The van der Waals surface area contributed by atoms with E-state index in [1.165, 1.54) is 13.8 Å². The molecule has 0 N–H and O–H groups in total. The van der Waals surface area contributed by atoms with Gasteiger partial charge in [0.2, 0.25) is 0 Å². The van der Waals surface area contributed by atoms with Crippen molar-refractivity contribution < 1.29 is 33.4 Å². The standard InChI is InChI=1S/C22H28O7/c1-7-12(2)19(25)28-18(22(6)13(3)9-8-10-16(22)11-23)17-14(4)20(26)29-21(17)27-15(5)24/h7,10-11,13,18,21H,8-9H2,1-6H3/b12-7-/t13-,18+,21-,22+/m0/s1. The Kier molecular flexibility index (Phi) is 6.82. The predicted octanol–water partition coefficient (Wildman–Crippen LogP) is 3.19. The van der Waals surface area contributed by atoms with Gasteiger partial charge in [-0.3, -0.25) is 9.59 Å². The van der Waals surface area contributed by atoms with Crippen molar-refractivity contribution in [2.75, 3.05) is 0 Å². The van der Waals surface area contributed by atoms with Gasteiger partial charge in [0.05, 0.1) is 5.57 Å². The Bertz CT molecular complexity index is 817. The Morgan fingerprint density at radius 3 is 2.55 bits per heavy atom. The van der Waals surface area contributed by atoms with E-state index < -0.39 is 35.7 Å². The number of ether oxygens (including phenoxy) is 3. The van der Waals surface area contributed by atoms with Gasteiger partial charge in [-0.25, -0.2) is 9.59 Å². The van der Waals surface area contributed by atoms with E-state index in [9.17, 15) is 19.2 Å². The third-order valence-corrected chi connectivity index (χ3v) is 6.02. The van der Waals surface area contributed by atoms with Crippen LogP contribution in [0.5, 0.6) is 0 Å². The van der Waals surface area contributed by atoms with Crippen LogP contribution in [0.25, 0.3) is 0 Å². The average Bonchev–Trinajstić information content (AvgIpc) is 2.93. The molecule has 7 heteroatoms. The summed E-state index contributed by atoms with van der Waals surface area (Å²) in [6.07, 6.45) is 3.36. The molecular formula is C22H28O7. The highest BCUT2D eigenvalue weighted by Gasteiger charge is 2.53. The summed E-state index contributed by atoms with van der Waals surface area (Å²) in [5.41, 5.74) is 0.398. The summed E-state index contributed by atoms with van der Waals surface area (Å²) < 4.78 is 16.3. The van der Waals surface area contributed by atoms with E-state index in [-0.39, 0.29) is 17.1 Å². The summed E-state index contributed by atoms with van der Waals surface area (Å²) in [5.74, 6) is -1.93. The van der Waals surface area contributed by atoms with Crippen molar-refractivity contribution in [3.63, 3.8) is 0 Å². The molecule has 1 heterocycles. The van der Waals surface area contributed by atoms with Crippen LogP contribution in [0.15, 0.2) is 34.4 Å². The fourth-order valence-corrected chi connectivity index (χ4v) is 3.81. The molecule has 0 spiro atoms. The molecular weight excluding hydrogens is 376 g/mol. The molecule has 2 aliphatic rings. The second-order valence-corrected chi connectivity index (χ2v) is 7.72. The molecule has 0 aromatic carbocycles. The number of hydrogen-bond donors (Lipinski definition) is 0. The van der Waals surface area contributed by atoms with Crippen molar-refractivity contribution in [3.05, 3.63) is 34.4 Å². The monoisotopic (exact) mass is 404 g/mol. The van der Waals surface area contributed by atoms with Crippen molar-refractivity contribution in [1.82, 2.24) is 0 Å². The minimum Gasteiger partial charge on any atom is -0.453 e. The fraction of sp³-hybridized carbons (Fsp3) is 0.545. The SMILES string of the molecule is C/C=C(/C)C(=O)O[C@H](C1=C(C)C(=O)O[C@@H]1OC(C)=O)[C@@]1(C)C(C=O)=CCC[C@@H]1C. The van der Waals surface area contributed by atoms with E-state index in [0.29, 0.717) is 11.1 Å². The Morgan fingerprint density at radius 2 is 2.00 bits per heavy atom. The quantitative estimate of drug-likeness (QED) is 0.381. The summed E-state index contributed by atoms with van der Waals surface area (Å²) >= 11 is 0. The molecule has 0 saturated carbocycles. The maximum atomic E-state index is 12.7. The molecule has 4 atom stereocenters. The number of cyclic esters (lactones) is 1. The molecule has 0 radical (unpaired) electrons. The van der Waals surface area contributed by atoms with Crippen molar-refractivity contribution in [2.45, 2.75) is 66.8 Å². The zero-order valence-electron chi connectivity index (χ0n) is 17.7. The molecule has 0 aromatic heterocycles. The molecule has 29 heavy (non-hydrogen) atoms. The Hall–Kier alpha value is -2.70. The third kappa shape index (κ3) is 4.18. The lowest BCUT2D eigenvalue weighted by Gasteiger charge is -2.45. The highest BCUT2D eigenvalue weighted by Crippen LogP contribution is 2.49. The molecule has 2 rings (SSSR count). The highest BCUT2D eigenvalue weighted by atomic mass is 16.7. The van der Waals surface area contributed by atoms with Crippen LogP contribution in [-0.4, -0.2) is 36.6 Å². The number of rotatable bonds is 6. The van der Waals surface area contributed by atoms with Gasteiger partial charge >= 0.3 is 17.9 Å². The first-order valence-electron chi connectivity index (χ1n) is 9.66. The normalized spacial score (nSPS) is 28.4. The van der Waals surface area contributed by atoms with E-state index >= 15 is 0 Å². The fourth-order valence-electron chi connectivity index (χ4n) is 3.81. The van der Waals surface area contributed by atoms with E-state index in [2.05, 4.69) is 0 Å². The van der Waals surface area contributed by atoms with E-state index in [1.54, 1.807) is 19.9 Å². The molecule has 0 bridgehead atoms. The first-order valence-corrected chi connectivity index (χ1v) is 9.66. The Labute approximate surface area is 170 Å². The Balaban J connectivity index is 2.67. The second kappa shape index (κ2) is 8.76. The van der Waals surface area contributed by atoms with Gasteiger partial charge in [0.25, 0.3) is 6.29 Å². The summed E-state index contributed by atoms with van der Waals surface area (Å²) in [7, 11) is 0. The smallest absolute Gasteiger partial charge is 0.337 e. The second-order valence-electron chi connectivity index (χ2n) is 7.72. The highest BCUT2D eigenvalue weighted by molar-refractivity contribution is 5.93. The average molecular weight is 404 g/mol. The molecule has 0 fully saturated rings. The summed E-state index contributed by atoms with van der Waals surface area (Å²) in [6.45, 7) is 9.85. The van der Waals surface area contributed by atoms with Crippen molar-refractivity contribution >= 4 is 24.2 Å². The minimum absolute atomic E-state index is 0.0506. The van der Waals surface area contributed by atoms with Crippen LogP contribution in [0.1, 0.15) is 54.4 Å². The van der Waals surface area contributed by atoms with Gasteiger partial charge in [0, 0.05) is 23.5 Å². The zero-order chi connectivity index (χ0) is 21.9. The van der Waals surface area contributed by atoms with Crippen molar-refractivity contribution in [1.29, 1.82) is 0 Å². The molecule has 0 aromatic rings. The molecule has 1 aliphatic heterocycles. The van der Waals surface area contributed by atoms with E-state index in [1.807, 2.05) is 19.9 Å². The molecule has 7 nitrogen and oxygen atoms in total. The van der Waals surface area contributed by atoms with Crippen molar-refractivity contribution in [2.24, 2.45) is 11.3 Å². The van der Waals surface area contributed by atoms with Gasteiger partial charge in [-0.1, -0.05) is 26.0 Å². The van der Waals surface area contributed by atoms with Crippen LogP contribution in [0.4, 0.5) is 0 Å². The van der Waals surface area contributed by atoms with Gasteiger partial charge in [0.1, 0.15) is 12.4 Å². The lowest BCUT2D eigenvalue weighted by Crippen LogP contribution is -2.48. The number of esters is 3. The first-order chi connectivity index (χ1) is 13.6. The van der Waals surface area contributed by atoms with Crippen LogP contribution < -0.4 is 0 Å².